The molecule has 1 heterocycles. The minimum atomic E-state index is -0.625. The lowest BCUT2D eigenvalue weighted by molar-refractivity contribution is 0.415. The molecule has 0 aliphatic carbocycles. The van der Waals surface area contributed by atoms with E-state index in [-0.39, 0.29) is 10.5 Å². The highest BCUT2D eigenvalue weighted by atomic mass is 32.1. The van der Waals surface area contributed by atoms with Crippen molar-refractivity contribution >= 4 is 23.6 Å². The van der Waals surface area contributed by atoms with E-state index in [1.165, 1.54) is 7.11 Å². The Hall–Kier alpha value is -2.48. The van der Waals surface area contributed by atoms with Gasteiger partial charge in [-0.25, -0.2) is 0 Å². The van der Waals surface area contributed by atoms with Gasteiger partial charge < -0.3 is 14.8 Å². The number of rotatable bonds is 3. The lowest BCUT2D eigenvalue weighted by Crippen LogP contribution is -2.06. The molecule has 0 bridgehead atoms. The normalized spacial score (nSPS) is 10.8. The molecule has 98 valence electrons. The molecule has 7 nitrogen and oxygen atoms in total. The van der Waals surface area contributed by atoms with Crippen molar-refractivity contribution in [3.8, 4) is 11.6 Å². The van der Waals surface area contributed by atoms with E-state index >= 15 is 0 Å². The third kappa shape index (κ3) is 2.86. The summed E-state index contributed by atoms with van der Waals surface area (Å²) in [6.45, 7) is 0. The van der Waals surface area contributed by atoms with Gasteiger partial charge in [0.25, 0.3) is 5.56 Å². The Kier molecular flexibility index (Phi) is 3.71. The summed E-state index contributed by atoms with van der Waals surface area (Å²) < 4.78 is 5.10. The molecule has 0 fully saturated rings. The molecule has 19 heavy (non-hydrogen) atoms. The maximum absolute atomic E-state index is 11.5. The number of aromatic amines is 2. The molecule has 0 saturated heterocycles. The van der Waals surface area contributed by atoms with Gasteiger partial charge in [-0.15, -0.1) is 10.2 Å². The van der Waals surface area contributed by atoms with E-state index in [2.05, 4.69) is 20.2 Å². The van der Waals surface area contributed by atoms with Crippen LogP contribution in [0.3, 0.4) is 0 Å². The van der Waals surface area contributed by atoms with Gasteiger partial charge in [-0.2, -0.15) is 0 Å². The molecule has 8 heteroatoms. The summed E-state index contributed by atoms with van der Waals surface area (Å²) in [6, 6.07) is 6.90. The number of aromatic nitrogens is 2. The van der Waals surface area contributed by atoms with E-state index in [9.17, 15) is 9.90 Å². The summed E-state index contributed by atoms with van der Waals surface area (Å²) in [6.07, 6.45) is 0. The fourth-order valence-corrected chi connectivity index (χ4v) is 1.57. The lowest BCUT2D eigenvalue weighted by Gasteiger charge is -2.01. The molecule has 0 saturated carbocycles. The first-order chi connectivity index (χ1) is 9.11. The number of ether oxygens (including phenoxy) is 1. The van der Waals surface area contributed by atoms with E-state index in [1.54, 1.807) is 24.3 Å². The number of aromatic hydroxyl groups is 1. The van der Waals surface area contributed by atoms with Crippen LogP contribution in [0, 0.1) is 4.77 Å². The van der Waals surface area contributed by atoms with Crippen LogP contribution in [0.25, 0.3) is 0 Å². The zero-order chi connectivity index (χ0) is 13.8. The van der Waals surface area contributed by atoms with Gasteiger partial charge >= 0.3 is 0 Å². The minimum Gasteiger partial charge on any atom is -0.494 e. The van der Waals surface area contributed by atoms with Crippen LogP contribution in [0.2, 0.25) is 0 Å². The van der Waals surface area contributed by atoms with Crippen LogP contribution in [0.5, 0.6) is 11.6 Å². The highest BCUT2D eigenvalue weighted by Gasteiger charge is 2.07. The summed E-state index contributed by atoms with van der Waals surface area (Å²) in [5.41, 5.74) is -0.439. The number of H-pyrrole nitrogens is 2. The van der Waals surface area contributed by atoms with Crippen molar-refractivity contribution in [2.45, 2.75) is 0 Å². The average Bonchev–Trinajstić information content (AvgIpc) is 2.38. The van der Waals surface area contributed by atoms with E-state index < -0.39 is 11.4 Å². The van der Waals surface area contributed by atoms with Crippen LogP contribution < -0.4 is 10.3 Å². The molecular formula is C11H10N4O3S. The first kappa shape index (κ1) is 13.0. The first-order valence-electron chi connectivity index (χ1n) is 5.22. The Morgan fingerprint density at radius 3 is 2.68 bits per heavy atom. The van der Waals surface area contributed by atoms with Crippen LogP contribution in [0.15, 0.2) is 39.3 Å². The van der Waals surface area contributed by atoms with Crippen LogP contribution in [-0.2, 0) is 0 Å². The number of methoxy groups -OCH3 is 1. The fraction of sp³-hybridized carbons (Fsp3) is 0.0909. The van der Waals surface area contributed by atoms with E-state index in [0.29, 0.717) is 11.4 Å². The molecule has 3 N–H and O–H groups in total. The molecule has 0 aliphatic rings. The van der Waals surface area contributed by atoms with Crippen molar-refractivity contribution in [2.75, 3.05) is 7.11 Å². The fourth-order valence-electron chi connectivity index (χ4n) is 1.38. The number of benzene rings is 1. The second-order valence-corrected chi connectivity index (χ2v) is 3.89. The molecule has 1 aromatic heterocycles. The van der Waals surface area contributed by atoms with Crippen molar-refractivity contribution < 1.29 is 9.84 Å². The second kappa shape index (κ2) is 5.44. The summed E-state index contributed by atoms with van der Waals surface area (Å²) in [5.74, 6) is 0.0680. The highest BCUT2D eigenvalue weighted by molar-refractivity contribution is 7.71. The minimum absolute atomic E-state index is 0.0127. The van der Waals surface area contributed by atoms with Gasteiger partial charge in [-0.3, -0.25) is 9.78 Å². The lowest BCUT2D eigenvalue weighted by atomic mass is 10.3. The maximum Gasteiger partial charge on any atom is 0.283 e. The molecule has 0 unspecified atom stereocenters. The molecular weight excluding hydrogens is 268 g/mol. The predicted molar refractivity (Wildman–Crippen MR) is 71.1 cm³/mol. The van der Waals surface area contributed by atoms with Crippen LogP contribution >= 0.6 is 12.2 Å². The summed E-state index contributed by atoms with van der Waals surface area (Å²) >= 11 is 4.70. The average molecular weight is 278 g/mol. The smallest absolute Gasteiger partial charge is 0.283 e. The van der Waals surface area contributed by atoms with Crippen molar-refractivity contribution in [3.05, 3.63) is 39.4 Å². The van der Waals surface area contributed by atoms with Gasteiger partial charge in [0, 0.05) is 0 Å². The Labute approximate surface area is 112 Å². The molecule has 0 aliphatic heterocycles. The molecule has 0 atom stereocenters. The van der Waals surface area contributed by atoms with Crippen molar-refractivity contribution in [3.63, 3.8) is 0 Å². The van der Waals surface area contributed by atoms with E-state index in [4.69, 9.17) is 17.0 Å². The first-order valence-corrected chi connectivity index (χ1v) is 5.63. The Morgan fingerprint density at radius 1 is 1.26 bits per heavy atom. The van der Waals surface area contributed by atoms with Crippen molar-refractivity contribution in [1.82, 2.24) is 9.97 Å². The zero-order valence-corrected chi connectivity index (χ0v) is 10.7. The molecule has 2 rings (SSSR count). The summed E-state index contributed by atoms with van der Waals surface area (Å²) in [4.78, 5) is 16.2. The number of para-hydroxylation sites is 1. The van der Waals surface area contributed by atoms with Gasteiger partial charge in [0.05, 0.1) is 7.11 Å². The number of hydrogen-bond acceptors (Lipinski definition) is 6. The molecule has 0 radical (unpaired) electrons. The SMILES string of the molecule is COc1ccccc1N=Nc1c(O)[nH]c(=S)[nH]c1=O. The summed E-state index contributed by atoms with van der Waals surface area (Å²) in [5, 5.41) is 17.1. The monoisotopic (exact) mass is 278 g/mol. The molecule has 2 aromatic rings. The van der Waals surface area contributed by atoms with Crippen LogP contribution in [0.4, 0.5) is 11.4 Å². The van der Waals surface area contributed by atoms with E-state index in [0.717, 1.165) is 0 Å². The Balaban J connectivity index is 2.44. The standard InChI is InChI=1S/C11H10N4O3S/c1-18-7-5-3-2-4-6(7)14-15-8-9(16)12-11(19)13-10(8)17/h2-5H,1H3,(H3,12,13,16,17,19). The number of nitrogens with one attached hydrogen (secondary N) is 2. The maximum atomic E-state index is 11.5. The van der Waals surface area contributed by atoms with Gasteiger partial charge in [-0.05, 0) is 24.4 Å². The molecule has 1 aromatic carbocycles. The predicted octanol–water partition coefficient (Wildman–Crippen LogP) is 2.56. The summed E-state index contributed by atoms with van der Waals surface area (Å²) in [7, 11) is 1.50. The van der Waals surface area contributed by atoms with Crippen LogP contribution in [0.1, 0.15) is 0 Å². The largest absolute Gasteiger partial charge is 0.494 e. The van der Waals surface area contributed by atoms with Gasteiger partial charge in [0.2, 0.25) is 11.6 Å². The van der Waals surface area contributed by atoms with Crippen LogP contribution in [-0.4, -0.2) is 22.2 Å². The Bertz CT molecular complexity index is 735. The van der Waals surface area contributed by atoms with Gasteiger partial charge in [0.15, 0.2) is 4.77 Å². The van der Waals surface area contributed by atoms with Gasteiger partial charge in [-0.1, -0.05) is 12.1 Å². The second-order valence-electron chi connectivity index (χ2n) is 3.48. The molecule has 0 amide bonds. The van der Waals surface area contributed by atoms with Crippen molar-refractivity contribution in [1.29, 1.82) is 0 Å². The quantitative estimate of drug-likeness (QED) is 0.593. The number of hydrogen-bond donors (Lipinski definition) is 3. The molecule has 0 spiro atoms. The van der Waals surface area contributed by atoms with Crippen molar-refractivity contribution in [2.24, 2.45) is 10.2 Å². The zero-order valence-electron chi connectivity index (χ0n) is 9.88. The number of azo groups is 1. The highest BCUT2D eigenvalue weighted by Crippen LogP contribution is 2.28. The van der Waals surface area contributed by atoms with Gasteiger partial charge in [0.1, 0.15) is 11.4 Å². The topological polar surface area (TPSA) is 103 Å². The number of nitrogens with zero attached hydrogens (tertiary/aromatic N) is 2. The Morgan fingerprint density at radius 2 is 2.00 bits per heavy atom. The third-order valence-electron chi connectivity index (χ3n) is 2.24. The third-order valence-corrected chi connectivity index (χ3v) is 2.45. The van der Waals surface area contributed by atoms with E-state index in [1.807, 2.05) is 0 Å².